The molecule has 9 heteroatoms. The van der Waals surface area contributed by atoms with Gasteiger partial charge in [0.25, 0.3) is 0 Å². The number of sulfone groups is 1. The van der Waals surface area contributed by atoms with Crippen LogP contribution in [-0.2, 0) is 23.0 Å². The summed E-state index contributed by atoms with van der Waals surface area (Å²) in [5.41, 5.74) is 0. The lowest BCUT2D eigenvalue weighted by Crippen LogP contribution is -2.09. The Morgan fingerprint density at radius 3 is 2.64 bits per heavy atom. The topological polar surface area (TPSA) is 104 Å². The smallest absolute Gasteiger partial charge is 0.342 e. The maximum atomic E-state index is 11.7. The number of hydrogen-bond donors (Lipinski definition) is 0. The van der Waals surface area contributed by atoms with Crippen molar-refractivity contribution in [2.75, 3.05) is 6.26 Å². The fourth-order valence-electron chi connectivity index (χ4n) is 2.03. The Bertz CT molecular complexity index is 798. The monoisotopic (exact) mass is 325 g/mol. The van der Waals surface area contributed by atoms with E-state index in [-0.39, 0.29) is 23.1 Å². The Kier molecular flexibility index (Phi) is 4.45. The number of benzene rings is 1. The Morgan fingerprint density at radius 1 is 1.36 bits per heavy atom. The van der Waals surface area contributed by atoms with E-state index in [1.54, 1.807) is 19.1 Å². The van der Waals surface area contributed by atoms with Gasteiger partial charge in [-0.25, -0.2) is 18.0 Å². The molecule has 118 valence electrons. The number of hydrogen-bond acceptors (Lipinski definition) is 6. The second kappa shape index (κ2) is 6.14. The first-order valence-corrected chi connectivity index (χ1v) is 8.34. The summed E-state index contributed by atoms with van der Waals surface area (Å²) in [7, 11) is -3.42. The summed E-state index contributed by atoms with van der Waals surface area (Å²) >= 11 is 0. The molecule has 0 radical (unpaired) electrons. The SMILES string of the molecule is CCn1c([N+](=O)[O-])cnc1COc1ccccc1S(C)(=O)=O. The third kappa shape index (κ3) is 3.25. The highest BCUT2D eigenvalue weighted by molar-refractivity contribution is 7.90. The molecule has 0 N–H and O–H groups in total. The number of rotatable bonds is 6. The van der Waals surface area contributed by atoms with Crippen molar-refractivity contribution in [2.45, 2.75) is 25.0 Å². The minimum absolute atomic E-state index is 0.0613. The molecule has 0 amide bonds. The summed E-state index contributed by atoms with van der Waals surface area (Å²) < 4.78 is 30.3. The molecule has 2 aromatic rings. The summed E-state index contributed by atoms with van der Waals surface area (Å²) in [6.45, 7) is 2.06. The molecule has 0 fully saturated rings. The average Bonchev–Trinajstić information content (AvgIpc) is 2.87. The average molecular weight is 325 g/mol. The van der Waals surface area contributed by atoms with Gasteiger partial charge in [0.15, 0.2) is 16.4 Å². The van der Waals surface area contributed by atoms with Gasteiger partial charge in [0, 0.05) is 6.26 Å². The van der Waals surface area contributed by atoms with Crippen LogP contribution in [0.4, 0.5) is 5.82 Å². The van der Waals surface area contributed by atoms with Crippen molar-refractivity contribution >= 4 is 15.7 Å². The molecule has 8 nitrogen and oxygen atoms in total. The number of aromatic nitrogens is 2. The predicted molar refractivity (Wildman–Crippen MR) is 78.4 cm³/mol. The van der Waals surface area contributed by atoms with Gasteiger partial charge in [-0.05, 0) is 24.0 Å². The van der Waals surface area contributed by atoms with Crippen LogP contribution in [0, 0.1) is 10.1 Å². The zero-order chi connectivity index (χ0) is 16.3. The lowest BCUT2D eigenvalue weighted by Gasteiger charge is -2.09. The van der Waals surface area contributed by atoms with Crippen molar-refractivity contribution in [3.8, 4) is 5.75 Å². The first-order valence-electron chi connectivity index (χ1n) is 6.45. The van der Waals surface area contributed by atoms with Crippen LogP contribution in [0.2, 0.25) is 0 Å². The molecule has 0 aliphatic heterocycles. The minimum atomic E-state index is -3.42. The van der Waals surface area contributed by atoms with Crippen molar-refractivity contribution in [3.63, 3.8) is 0 Å². The molecule has 2 rings (SSSR count). The van der Waals surface area contributed by atoms with Crippen molar-refractivity contribution < 1.29 is 18.1 Å². The van der Waals surface area contributed by atoms with Crippen molar-refractivity contribution in [1.82, 2.24) is 9.55 Å². The highest BCUT2D eigenvalue weighted by Gasteiger charge is 2.20. The third-order valence-electron chi connectivity index (χ3n) is 3.03. The Morgan fingerprint density at radius 2 is 2.05 bits per heavy atom. The van der Waals surface area contributed by atoms with Crippen LogP contribution in [0.25, 0.3) is 0 Å². The third-order valence-corrected chi connectivity index (χ3v) is 4.16. The molecule has 22 heavy (non-hydrogen) atoms. The molecule has 0 spiro atoms. The number of nitrogens with zero attached hydrogens (tertiary/aromatic N) is 3. The Balaban J connectivity index is 2.27. The molecule has 1 heterocycles. The second-order valence-corrected chi connectivity index (χ2v) is 6.53. The summed E-state index contributed by atoms with van der Waals surface area (Å²) in [6.07, 6.45) is 2.25. The normalized spacial score (nSPS) is 11.4. The maximum Gasteiger partial charge on any atom is 0.342 e. The van der Waals surface area contributed by atoms with E-state index >= 15 is 0 Å². The van der Waals surface area contributed by atoms with E-state index in [0.29, 0.717) is 12.4 Å². The second-order valence-electron chi connectivity index (χ2n) is 4.54. The molecule has 0 saturated carbocycles. The minimum Gasteiger partial charge on any atom is -0.482 e. The number of nitro groups is 1. The van der Waals surface area contributed by atoms with Gasteiger partial charge in [-0.3, -0.25) is 0 Å². The lowest BCUT2D eigenvalue weighted by molar-refractivity contribution is -0.392. The van der Waals surface area contributed by atoms with E-state index < -0.39 is 14.8 Å². The van der Waals surface area contributed by atoms with Crippen molar-refractivity contribution in [3.05, 3.63) is 46.4 Å². The van der Waals surface area contributed by atoms with Crippen LogP contribution in [0.5, 0.6) is 5.75 Å². The summed E-state index contributed by atoms with van der Waals surface area (Å²) in [6, 6.07) is 6.23. The van der Waals surface area contributed by atoms with Gasteiger partial charge in [-0.1, -0.05) is 12.1 Å². The van der Waals surface area contributed by atoms with Gasteiger partial charge < -0.3 is 14.9 Å². The zero-order valence-corrected chi connectivity index (χ0v) is 12.9. The molecule has 1 aromatic carbocycles. The maximum absolute atomic E-state index is 11.7. The van der Waals surface area contributed by atoms with Gasteiger partial charge in [0.2, 0.25) is 5.82 Å². The largest absolute Gasteiger partial charge is 0.482 e. The highest BCUT2D eigenvalue weighted by Crippen LogP contribution is 2.24. The Labute approximate surface area is 127 Å². The standard InChI is InChI=1S/C13H15N3O5S/c1-3-15-12(14-8-13(15)16(17)18)9-21-10-6-4-5-7-11(10)22(2,19)20/h4-8H,3,9H2,1-2H3. The molecule has 0 unspecified atom stereocenters. The van der Waals surface area contributed by atoms with Crippen molar-refractivity contribution in [2.24, 2.45) is 0 Å². The van der Waals surface area contributed by atoms with Crippen LogP contribution in [-0.4, -0.2) is 29.1 Å². The van der Waals surface area contributed by atoms with E-state index in [4.69, 9.17) is 4.74 Å². The predicted octanol–water partition coefficient (Wildman–Crippen LogP) is 1.79. The number of para-hydroxylation sites is 1. The number of imidazole rings is 1. The summed E-state index contributed by atoms with van der Waals surface area (Å²) in [5.74, 6) is 0.424. The fraction of sp³-hybridized carbons (Fsp3) is 0.308. The molecule has 0 aliphatic rings. The molecule has 0 atom stereocenters. The van der Waals surface area contributed by atoms with Gasteiger partial charge in [0.05, 0.1) is 6.54 Å². The van der Waals surface area contributed by atoms with Gasteiger partial charge >= 0.3 is 5.82 Å². The van der Waals surface area contributed by atoms with Crippen LogP contribution in [0.1, 0.15) is 12.7 Å². The molecule has 1 aromatic heterocycles. The van der Waals surface area contributed by atoms with Crippen LogP contribution >= 0.6 is 0 Å². The first-order chi connectivity index (χ1) is 10.3. The first kappa shape index (κ1) is 16.0. The molecular weight excluding hydrogens is 310 g/mol. The van der Waals surface area contributed by atoms with Gasteiger partial charge in [0.1, 0.15) is 16.8 Å². The van der Waals surface area contributed by atoms with Crippen LogP contribution in [0.15, 0.2) is 35.4 Å². The van der Waals surface area contributed by atoms with E-state index in [0.717, 1.165) is 12.5 Å². The number of ether oxygens (including phenoxy) is 1. The summed E-state index contributed by atoms with van der Waals surface area (Å²) in [4.78, 5) is 14.4. The van der Waals surface area contributed by atoms with E-state index in [2.05, 4.69) is 4.98 Å². The lowest BCUT2D eigenvalue weighted by atomic mass is 10.3. The fourth-order valence-corrected chi connectivity index (χ4v) is 2.85. The molecule has 0 aliphatic carbocycles. The summed E-state index contributed by atoms with van der Waals surface area (Å²) in [5, 5.41) is 10.9. The quantitative estimate of drug-likeness (QED) is 0.592. The molecule has 0 saturated heterocycles. The van der Waals surface area contributed by atoms with E-state index in [9.17, 15) is 18.5 Å². The van der Waals surface area contributed by atoms with Crippen LogP contribution in [0.3, 0.4) is 0 Å². The highest BCUT2D eigenvalue weighted by atomic mass is 32.2. The van der Waals surface area contributed by atoms with Gasteiger partial charge in [-0.15, -0.1) is 0 Å². The van der Waals surface area contributed by atoms with Crippen LogP contribution < -0.4 is 4.74 Å². The van der Waals surface area contributed by atoms with Crippen molar-refractivity contribution in [1.29, 1.82) is 0 Å². The molecule has 0 bridgehead atoms. The molecular formula is C13H15N3O5S. The zero-order valence-electron chi connectivity index (χ0n) is 12.1. The van der Waals surface area contributed by atoms with Gasteiger partial charge in [-0.2, -0.15) is 0 Å². The van der Waals surface area contributed by atoms with E-state index in [1.807, 2.05) is 0 Å². The van der Waals surface area contributed by atoms with E-state index in [1.165, 1.54) is 16.7 Å². The Hall–Kier alpha value is -2.42.